The van der Waals surface area contributed by atoms with Crippen molar-refractivity contribution >= 4 is 5.97 Å². The topological polar surface area (TPSA) is 114 Å². The summed E-state index contributed by atoms with van der Waals surface area (Å²) in [6, 6.07) is 0. The molecule has 1 aromatic rings. The lowest BCUT2D eigenvalue weighted by Crippen LogP contribution is -2.43. The standard InChI is InChI=1S/C10H13N3O5/c1-6(2)7(14)18-5-3-4-13-9(16)11-8(15)12-10(13)17/h1,3-5H2,2H3,(H2,11,12,15,16,17). The lowest BCUT2D eigenvalue weighted by molar-refractivity contribution is -0.139. The highest BCUT2D eigenvalue weighted by Crippen LogP contribution is 1.93. The molecule has 0 aliphatic rings. The Bertz CT molecular complexity index is 587. The van der Waals surface area contributed by atoms with Crippen molar-refractivity contribution in [3.63, 3.8) is 0 Å². The van der Waals surface area contributed by atoms with Gasteiger partial charge in [-0.2, -0.15) is 0 Å². The maximum atomic E-state index is 11.3. The fourth-order valence-electron chi connectivity index (χ4n) is 1.17. The van der Waals surface area contributed by atoms with E-state index in [1.54, 1.807) is 0 Å². The molecule has 0 amide bonds. The molecule has 8 nitrogen and oxygen atoms in total. The van der Waals surface area contributed by atoms with Gasteiger partial charge in [0.15, 0.2) is 0 Å². The Kier molecular flexibility index (Phi) is 4.41. The van der Waals surface area contributed by atoms with E-state index in [2.05, 4.69) is 6.58 Å². The van der Waals surface area contributed by atoms with Crippen LogP contribution in [-0.4, -0.2) is 27.1 Å². The SMILES string of the molecule is C=C(C)C(=O)OCCCn1c(=O)[nH]c(=O)[nH]c1=O. The number of carbonyl (C=O) groups excluding carboxylic acids is 1. The highest BCUT2D eigenvalue weighted by Gasteiger charge is 2.05. The molecule has 18 heavy (non-hydrogen) atoms. The number of aromatic amines is 2. The second-order valence-electron chi connectivity index (χ2n) is 3.61. The number of hydrogen-bond acceptors (Lipinski definition) is 5. The number of hydrogen-bond donors (Lipinski definition) is 2. The van der Waals surface area contributed by atoms with Gasteiger partial charge in [-0.1, -0.05) is 6.58 Å². The molecule has 98 valence electrons. The first-order chi connectivity index (χ1) is 8.41. The summed E-state index contributed by atoms with van der Waals surface area (Å²) in [4.78, 5) is 48.2. The summed E-state index contributed by atoms with van der Waals surface area (Å²) < 4.78 is 5.61. The van der Waals surface area contributed by atoms with Crippen LogP contribution in [0.2, 0.25) is 0 Å². The van der Waals surface area contributed by atoms with E-state index in [4.69, 9.17) is 4.74 Å². The third-order valence-corrected chi connectivity index (χ3v) is 2.04. The molecule has 0 saturated heterocycles. The molecule has 0 fully saturated rings. The van der Waals surface area contributed by atoms with E-state index < -0.39 is 23.0 Å². The number of H-pyrrole nitrogens is 2. The van der Waals surface area contributed by atoms with Crippen molar-refractivity contribution in [2.24, 2.45) is 0 Å². The van der Waals surface area contributed by atoms with Gasteiger partial charge in [0.05, 0.1) is 6.61 Å². The molecule has 0 aliphatic heterocycles. The summed E-state index contributed by atoms with van der Waals surface area (Å²) in [6.07, 6.45) is 0.272. The highest BCUT2D eigenvalue weighted by molar-refractivity contribution is 5.86. The van der Waals surface area contributed by atoms with Crippen molar-refractivity contribution < 1.29 is 9.53 Å². The third kappa shape index (κ3) is 3.58. The van der Waals surface area contributed by atoms with Gasteiger partial charge in [-0.15, -0.1) is 0 Å². The van der Waals surface area contributed by atoms with E-state index in [1.807, 2.05) is 9.97 Å². The van der Waals surface area contributed by atoms with Gasteiger partial charge in [-0.25, -0.2) is 23.7 Å². The van der Waals surface area contributed by atoms with Gasteiger partial charge in [0, 0.05) is 12.1 Å². The van der Waals surface area contributed by atoms with E-state index in [0.29, 0.717) is 0 Å². The second kappa shape index (κ2) is 5.80. The summed E-state index contributed by atoms with van der Waals surface area (Å²) in [7, 11) is 0. The zero-order chi connectivity index (χ0) is 13.7. The quantitative estimate of drug-likeness (QED) is 0.387. The number of rotatable bonds is 5. The molecule has 0 saturated carbocycles. The van der Waals surface area contributed by atoms with Crippen LogP contribution in [0.4, 0.5) is 0 Å². The van der Waals surface area contributed by atoms with E-state index >= 15 is 0 Å². The molecule has 2 N–H and O–H groups in total. The molecule has 0 unspecified atom stereocenters. The molecule has 0 atom stereocenters. The zero-order valence-electron chi connectivity index (χ0n) is 9.82. The lowest BCUT2D eigenvalue weighted by atomic mass is 10.3. The average molecular weight is 255 g/mol. The van der Waals surface area contributed by atoms with Crippen LogP contribution < -0.4 is 17.1 Å². The van der Waals surface area contributed by atoms with Crippen molar-refractivity contribution in [3.8, 4) is 0 Å². The first-order valence-corrected chi connectivity index (χ1v) is 5.18. The van der Waals surface area contributed by atoms with E-state index in [1.165, 1.54) is 6.92 Å². The summed E-state index contributed by atoms with van der Waals surface area (Å²) >= 11 is 0. The molecular weight excluding hydrogens is 242 g/mol. The summed E-state index contributed by atoms with van der Waals surface area (Å²) in [5.74, 6) is -0.530. The summed E-state index contributed by atoms with van der Waals surface area (Å²) in [5, 5.41) is 0. The smallest absolute Gasteiger partial charge is 0.333 e. The van der Waals surface area contributed by atoms with E-state index in [-0.39, 0.29) is 25.1 Å². The fraction of sp³-hybridized carbons (Fsp3) is 0.400. The maximum absolute atomic E-state index is 11.3. The van der Waals surface area contributed by atoms with Crippen LogP contribution in [0.5, 0.6) is 0 Å². The first kappa shape index (κ1) is 13.7. The monoisotopic (exact) mass is 255 g/mol. The van der Waals surface area contributed by atoms with Crippen LogP contribution in [-0.2, 0) is 16.1 Å². The van der Waals surface area contributed by atoms with Crippen LogP contribution in [0.25, 0.3) is 0 Å². The maximum Gasteiger partial charge on any atom is 0.333 e. The molecule has 0 spiro atoms. The van der Waals surface area contributed by atoms with Crippen LogP contribution >= 0.6 is 0 Å². The zero-order valence-corrected chi connectivity index (χ0v) is 9.82. The molecule has 1 heterocycles. The van der Waals surface area contributed by atoms with Gasteiger partial charge < -0.3 is 4.74 Å². The Morgan fingerprint density at radius 2 is 1.83 bits per heavy atom. The summed E-state index contributed by atoms with van der Waals surface area (Å²) in [5.41, 5.74) is -2.17. The van der Waals surface area contributed by atoms with E-state index in [0.717, 1.165) is 4.57 Å². The normalized spacial score (nSPS) is 10.1. The number of nitrogens with zero attached hydrogens (tertiary/aromatic N) is 1. The fourth-order valence-corrected chi connectivity index (χ4v) is 1.17. The minimum atomic E-state index is -0.852. The van der Waals surface area contributed by atoms with Gasteiger partial charge in [-0.3, -0.25) is 9.97 Å². The Morgan fingerprint density at radius 1 is 1.28 bits per heavy atom. The van der Waals surface area contributed by atoms with Crippen molar-refractivity contribution in [1.29, 1.82) is 0 Å². The molecule has 0 bridgehead atoms. The molecule has 1 aromatic heterocycles. The van der Waals surface area contributed by atoms with Gasteiger partial charge >= 0.3 is 23.0 Å². The predicted molar refractivity (Wildman–Crippen MR) is 62.3 cm³/mol. The largest absolute Gasteiger partial charge is 0.462 e. The van der Waals surface area contributed by atoms with E-state index in [9.17, 15) is 19.2 Å². The second-order valence-corrected chi connectivity index (χ2v) is 3.61. The van der Waals surface area contributed by atoms with Crippen LogP contribution in [0.15, 0.2) is 26.5 Å². The van der Waals surface area contributed by atoms with Crippen LogP contribution in [0.1, 0.15) is 13.3 Å². The Balaban J connectivity index is 2.58. The number of aromatic nitrogens is 3. The number of nitrogens with one attached hydrogen (secondary N) is 2. The van der Waals surface area contributed by atoms with Crippen LogP contribution in [0, 0.1) is 0 Å². The molecular formula is C10H13N3O5. The summed E-state index contributed by atoms with van der Waals surface area (Å²) in [6.45, 7) is 5.01. The van der Waals surface area contributed by atoms with Crippen molar-refractivity contribution in [2.75, 3.05) is 6.61 Å². The Morgan fingerprint density at radius 3 is 2.33 bits per heavy atom. The molecule has 1 rings (SSSR count). The van der Waals surface area contributed by atoms with Gasteiger partial charge in [0.1, 0.15) is 0 Å². The lowest BCUT2D eigenvalue weighted by Gasteiger charge is -2.05. The molecule has 0 radical (unpaired) electrons. The highest BCUT2D eigenvalue weighted by atomic mass is 16.5. The molecule has 0 aliphatic carbocycles. The minimum absolute atomic E-state index is 0.0361. The number of ether oxygens (including phenoxy) is 1. The third-order valence-electron chi connectivity index (χ3n) is 2.04. The van der Waals surface area contributed by atoms with Gasteiger partial charge in [0.25, 0.3) is 0 Å². The minimum Gasteiger partial charge on any atom is -0.462 e. The number of esters is 1. The molecule has 0 aromatic carbocycles. The Hall–Kier alpha value is -2.38. The van der Waals surface area contributed by atoms with Gasteiger partial charge in [0.2, 0.25) is 0 Å². The Labute approximate surface area is 101 Å². The van der Waals surface area contributed by atoms with Crippen molar-refractivity contribution in [2.45, 2.75) is 19.9 Å². The average Bonchev–Trinajstić information content (AvgIpc) is 2.26. The molecule has 8 heteroatoms. The number of carbonyl (C=O) groups is 1. The predicted octanol–water partition coefficient (Wildman–Crippen LogP) is -1.27. The van der Waals surface area contributed by atoms with Gasteiger partial charge in [-0.05, 0) is 13.3 Å². The van der Waals surface area contributed by atoms with Crippen LogP contribution in [0.3, 0.4) is 0 Å². The van der Waals surface area contributed by atoms with Crippen molar-refractivity contribution in [3.05, 3.63) is 43.6 Å². The first-order valence-electron chi connectivity index (χ1n) is 5.18. The van der Waals surface area contributed by atoms with Crippen molar-refractivity contribution in [1.82, 2.24) is 14.5 Å².